The fourth-order valence-electron chi connectivity index (χ4n) is 3.32. The second-order valence-corrected chi connectivity index (χ2v) is 5.93. The molecule has 0 aromatic rings. The third-order valence-corrected chi connectivity index (χ3v) is 4.41. The molecule has 0 aliphatic heterocycles. The number of ether oxygens (including phenoxy) is 1. The topological polar surface area (TPSA) is 38.3 Å². The Morgan fingerprint density at radius 1 is 1.27 bits per heavy atom. The van der Waals surface area contributed by atoms with Gasteiger partial charge < -0.3 is 10.1 Å². The zero-order valence-electron chi connectivity index (χ0n) is 9.34. The molecule has 1 amide bonds. The van der Waals surface area contributed by atoms with Crippen LogP contribution < -0.4 is 5.32 Å². The Morgan fingerprint density at radius 3 is 2.33 bits per heavy atom. The summed E-state index contributed by atoms with van der Waals surface area (Å²) in [5.74, 6) is 0.896. The molecule has 4 fully saturated rings. The maximum atomic E-state index is 11.7. The van der Waals surface area contributed by atoms with Gasteiger partial charge in [0, 0.05) is 5.54 Å². The maximum absolute atomic E-state index is 11.7. The van der Waals surface area contributed by atoms with Gasteiger partial charge in [0.25, 0.3) is 0 Å². The number of hydrogen-bond acceptors (Lipinski definition) is 2. The summed E-state index contributed by atoms with van der Waals surface area (Å²) < 4.78 is 5.54. The molecule has 2 bridgehead atoms. The van der Waals surface area contributed by atoms with Gasteiger partial charge >= 0.3 is 6.09 Å². The summed E-state index contributed by atoms with van der Waals surface area (Å²) in [7, 11) is 0. The van der Waals surface area contributed by atoms with Crippen molar-refractivity contribution in [3.05, 3.63) is 0 Å². The SMILES string of the molecule is CC1(OC(=O)NC23CC(C2)C3)CCCC1. The molecular weight excluding hydrogens is 190 g/mol. The van der Waals surface area contributed by atoms with E-state index in [4.69, 9.17) is 4.74 Å². The molecule has 0 radical (unpaired) electrons. The highest BCUT2D eigenvalue weighted by Gasteiger charge is 2.57. The number of amides is 1. The van der Waals surface area contributed by atoms with Crippen molar-refractivity contribution in [3.63, 3.8) is 0 Å². The third-order valence-electron chi connectivity index (χ3n) is 4.41. The van der Waals surface area contributed by atoms with E-state index in [1.807, 2.05) is 0 Å². The van der Waals surface area contributed by atoms with E-state index in [0.717, 1.165) is 18.8 Å². The molecule has 15 heavy (non-hydrogen) atoms. The van der Waals surface area contributed by atoms with Gasteiger partial charge in [0.05, 0.1) is 0 Å². The van der Waals surface area contributed by atoms with E-state index in [2.05, 4.69) is 12.2 Å². The van der Waals surface area contributed by atoms with Gasteiger partial charge in [-0.15, -0.1) is 0 Å². The average Bonchev–Trinajstić information content (AvgIpc) is 2.42. The van der Waals surface area contributed by atoms with E-state index in [9.17, 15) is 4.79 Å². The van der Waals surface area contributed by atoms with Crippen molar-refractivity contribution in [2.75, 3.05) is 0 Å². The summed E-state index contributed by atoms with van der Waals surface area (Å²) >= 11 is 0. The predicted molar refractivity (Wildman–Crippen MR) is 56.6 cm³/mol. The van der Waals surface area contributed by atoms with Crippen LogP contribution in [0, 0.1) is 5.92 Å². The van der Waals surface area contributed by atoms with E-state index < -0.39 is 0 Å². The highest BCUT2D eigenvalue weighted by atomic mass is 16.6. The standard InChI is InChI=1S/C12H19NO2/c1-11(4-2-3-5-11)15-10(14)13-12-6-9(7-12)8-12/h9H,2-8H2,1H3,(H,13,14). The minimum absolute atomic E-state index is 0.150. The van der Waals surface area contributed by atoms with Crippen molar-refractivity contribution in [1.29, 1.82) is 0 Å². The number of carbonyl (C=O) groups is 1. The van der Waals surface area contributed by atoms with Crippen LogP contribution in [0.25, 0.3) is 0 Å². The zero-order chi connectivity index (χ0) is 10.5. The molecule has 4 aliphatic rings. The maximum Gasteiger partial charge on any atom is 0.408 e. The van der Waals surface area contributed by atoms with Crippen LogP contribution in [-0.2, 0) is 4.74 Å². The largest absolute Gasteiger partial charge is 0.443 e. The van der Waals surface area contributed by atoms with Crippen molar-refractivity contribution in [2.45, 2.75) is 63.0 Å². The molecule has 4 aliphatic carbocycles. The quantitative estimate of drug-likeness (QED) is 0.759. The summed E-state index contributed by atoms with van der Waals surface area (Å²) in [6.45, 7) is 2.06. The normalized spacial score (nSPS) is 40.2. The van der Waals surface area contributed by atoms with E-state index in [1.54, 1.807) is 0 Å². The van der Waals surface area contributed by atoms with Crippen LogP contribution in [0.15, 0.2) is 0 Å². The average molecular weight is 209 g/mol. The minimum Gasteiger partial charge on any atom is -0.443 e. The first kappa shape index (κ1) is 9.49. The second kappa shape index (κ2) is 2.89. The van der Waals surface area contributed by atoms with Crippen LogP contribution >= 0.6 is 0 Å². The molecule has 0 heterocycles. The number of nitrogens with one attached hydrogen (secondary N) is 1. The lowest BCUT2D eigenvalue weighted by atomic mass is 9.50. The lowest BCUT2D eigenvalue weighted by Gasteiger charge is -2.61. The van der Waals surface area contributed by atoms with Gasteiger partial charge in [0.1, 0.15) is 5.60 Å². The van der Waals surface area contributed by atoms with Crippen LogP contribution in [0.3, 0.4) is 0 Å². The van der Waals surface area contributed by atoms with Crippen LogP contribution in [0.5, 0.6) is 0 Å². The van der Waals surface area contributed by atoms with E-state index >= 15 is 0 Å². The van der Waals surface area contributed by atoms with Crippen molar-refractivity contribution in [3.8, 4) is 0 Å². The Morgan fingerprint density at radius 2 is 1.87 bits per heavy atom. The van der Waals surface area contributed by atoms with Gasteiger partial charge in [-0.05, 0) is 57.8 Å². The van der Waals surface area contributed by atoms with E-state index in [0.29, 0.717) is 0 Å². The van der Waals surface area contributed by atoms with Crippen molar-refractivity contribution in [2.24, 2.45) is 5.92 Å². The molecule has 0 spiro atoms. The number of carbonyl (C=O) groups excluding carboxylic acids is 1. The molecule has 4 rings (SSSR count). The molecule has 0 aromatic heterocycles. The molecule has 0 saturated heterocycles. The number of alkyl carbamates (subject to hydrolysis) is 1. The Bertz CT molecular complexity index is 277. The smallest absolute Gasteiger partial charge is 0.408 e. The highest BCUT2D eigenvalue weighted by molar-refractivity contribution is 5.69. The first-order valence-corrected chi connectivity index (χ1v) is 6.10. The zero-order valence-corrected chi connectivity index (χ0v) is 9.34. The van der Waals surface area contributed by atoms with Crippen molar-refractivity contribution >= 4 is 6.09 Å². The molecular formula is C12H19NO2. The molecule has 3 heteroatoms. The summed E-state index contributed by atoms with van der Waals surface area (Å²) in [4.78, 5) is 11.7. The van der Waals surface area contributed by atoms with Crippen LogP contribution in [0.1, 0.15) is 51.9 Å². The van der Waals surface area contributed by atoms with Crippen LogP contribution in [-0.4, -0.2) is 17.2 Å². The van der Waals surface area contributed by atoms with Crippen molar-refractivity contribution in [1.82, 2.24) is 5.32 Å². The number of rotatable bonds is 2. The first-order chi connectivity index (χ1) is 7.09. The minimum atomic E-state index is -0.187. The molecule has 1 N–H and O–H groups in total. The van der Waals surface area contributed by atoms with E-state index in [1.165, 1.54) is 32.1 Å². The van der Waals surface area contributed by atoms with Gasteiger partial charge in [-0.25, -0.2) is 4.79 Å². The molecule has 0 unspecified atom stereocenters. The fourth-order valence-corrected chi connectivity index (χ4v) is 3.32. The Kier molecular flexibility index (Phi) is 1.83. The summed E-state index contributed by atoms with van der Waals surface area (Å²) in [6, 6.07) is 0. The van der Waals surface area contributed by atoms with Gasteiger partial charge in [-0.1, -0.05) is 0 Å². The molecule has 0 atom stereocenters. The Balaban J connectivity index is 1.52. The molecule has 4 saturated carbocycles. The molecule has 0 aromatic carbocycles. The third kappa shape index (κ3) is 1.52. The fraction of sp³-hybridized carbons (Fsp3) is 0.917. The van der Waals surface area contributed by atoms with Crippen LogP contribution in [0.2, 0.25) is 0 Å². The number of hydrogen-bond donors (Lipinski definition) is 1. The Labute approximate surface area is 90.6 Å². The molecule has 84 valence electrons. The lowest BCUT2D eigenvalue weighted by Crippen LogP contribution is -2.68. The summed E-state index contributed by atoms with van der Waals surface area (Å²) in [5.41, 5.74) is -0.0374. The highest BCUT2D eigenvalue weighted by Crippen LogP contribution is 2.57. The van der Waals surface area contributed by atoms with Gasteiger partial charge in [-0.2, -0.15) is 0 Å². The van der Waals surface area contributed by atoms with Gasteiger partial charge in [0.15, 0.2) is 0 Å². The predicted octanol–water partition coefficient (Wildman–Crippen LogP) is 2.60. The summed E-state index contributed by atoms with van der Waals surface area (Å²) in [5, 5.41) is 3.05. The monoisotopic (exact) mass is 209 g/mol. The lowest BCUT2D eigenvalue weighted by molar-refractivity contribution is -0.0581. The molecule has 3 nitrogen and oxygen atoms in total. The van der Waals surface area contributed by atoms with E-state index in [-0.39, 0.29) is 17.2 Å². The Hall–Kier alpha value is -0.730. The van der Waals surface area contributed by atoms with Gasteiger partial charge in [-0.3, -0.25) is 0 Å². The second-order valence-electron chi connectivity index (χ2n) is 5.93. The first-order valence-electron chi connectivity index (χ1n) is 6.10. The van der Waals surface area contributed by atoms with Gasteiger partial charge in [0.2, 0.25) is 0 Å². The van der Waals surface area contributed by atoms with Crippen molar-refractivity contribution < 1.29 is 9.53 Å². The summed E-state index contributed by atoms with van der Waals surface area (Å²) in [6.07, 6.45) is 7.79. The van der Waals surface area contributed by atoms with Crippen LogP contribution in [0.4, 0.5) is 4.79 Å².